The summed E-state index contributed by atoms with van der Waals surface area (Å²) in [6, 6.07) is 7.92. The van der Waals surface area contributed by atoms with Crippen molar-refractivity contribution >= 4 is 23.1 Å². The van der Waals surface area contributed by atoms with Crippen molar-refractivity contribution in [2.75, 3.05) is 6.54 Å². The summed E-state index contributed by atoms with van der Waals surface area (Å²) in [6.07, 6.45) is 4.35. The fraction of sp³-hybridized carbons (Fsp3) is 0.462. The molecule has 0 radical (unpaired) electrons. The summed E-state index contributed by atoms with van der Waals surface area (Å²) in [6.45, 7) is 0.763. The van der Waals surface area contributed by atoms with Crippen molar-refractivity contribution in [3.05, 3.63) is 29.8 Å². The van der Waals surface area contributed by atoms with E-state index in [1.165, 1.54) is 0 Å². The van der Waals surface area contributed by atoms with Crippen LogP contribution < -0.4 is 11.5 Å². The summed E-state index contributed by atoms with van der Waals surface area (Å²) in [4.78, 5) is 3.90. The second kappa shape index (κ2) is 8.09. The smallest absolute Gasteiger partial charge is 0.0739 e. The largest absolute Gasteiger partial charge is 0.330 e. The number of aliphatic imine (C=N–C) groups is 1. The number of hydrogen-bond donors (Lipinski definition) is 2. The molecule has 0 aliphatic carbocycles. The van der Waals surface area contributed by atoms with Gasteiger partial charge in [0, 0.05) is 6.04 Å². The molecular weight excluding hydrogens is 230 g/mol. The number of rotatable bonds is 7. The number of hydrogen-bond acceptors (Lipinski definition) is 4. The third-order valence-electron chi connectivity index (χ3n) is 2.72. The van der Waals surface area contributed by atoms with Gasteiger partial charge in [-0.25, -0.2) is 0 Å². The molecule has 4 N–H and O–H groups in total. The molecule has 0 aliphatic heterocycles. The van der Waals surface area contributed by atoms with E-state index in [1.54, 1.807) is 0 Å². The molecule has 0 spiro atoms. The van der Waals surface area contributed by atoms with E-state index in [0.29, 0.717) is 0 Å². The van der Waals surface area contributed by atoms with Crippen molar-refractivity contribution in [1.29, 1.82) is 0 Å². The van der Waals surface area contributed by atoms with E-state index in [9.17, 15) is 0 Å². The first kappa shape index (κ1) is 14.0. The maximum absolute atomic E-state index is 6.10. The Morgan fingerprint density at radius 1 is 1.18 bits per heavy atom. The van der Waals surface area contributed by atoms with Gasteiger partial charge in [-0.1, -0.05) is 25.0 Å². The maximum Gasteiger partial charge on any atom is 0.0739 e. The summed E-state index contributed by atoms with van der Waals surface area (Å²) in [7, 11) is 0. The molecule has 0 aromatic heterocycles. The summed E-state index contributed by atoms with van der Waals surface area (Å²) < 4.78 is 0. The Morgan fingerprint density at radius 2 is 1.88 bits per heavy atom. The highest BCUT2D eigenvalue weighted by molar-refractivity contribution is 7.78. The first-order valence-corrected chi connectivity index (χ1v) is 6.32. The van der Waals surface area contributed by atoms with E-state index in [2.05, 4.69) is 22.4 Å². The van der Waals surface area contributed by atoms with Gasteiger partial charge >= 0.3 is 0 Å². The third kappa shape index (κ3) is 5.20. The first-order chi connectivity index (χ1) is 8.27. The van der Waals surface area contributed by atoms with Gasteiger partial charge in [0.15, 0.2) is 0 Å². The Hall–Kier alpha value is -1.06. The van der Waals surface area contributed by atoms with Crippen molar-refractivity contribution in [3.63, 3.8) is 0 Å². The lowest BCUT2D eigenvalue weighted by Crippen LogP contribution is -2.10. The Bertz CT molecular complexity index is 369. The Morgan fingerprint density at radius 3 is 2.47 bits per heavy atom. The van der Waals surface area contributed by atoms with Crippen LogP contribution in [-0.4, -0.2) is 11.7 Å². The van der Waals surface area contributed by atoms with E-state index in [-0.39, 0.29) is 6.04 Å². The monoisotopic (exact) mass is 249 g/mol. The van der Waals surface area contributed by atoms with Crippen LogP contribution in [0.3, 0.4) is 0 Å². The molecule has 1 aromatic carbocycles. The third-order valence-corrected chi connectivity index (χ3v) is 2.81. The van der Waals surface area contributed by atoms with Crippen LogP contribution in [0.15, 0.2) is 29.3 Å². The molecule has 3 nitrogen and oxygen atoms in total. The van der Waals surface area contributed by atoms with Gasteiger partial charge in [-0.05, 0) is 49.3 Å². The van der Waals surface area contributed by atoms with E-state index in [1.807, 2.05) is 24.3 Å². The zero-order chi connectivity index (χ0) is 12.5. The molecule has 1 atom stereocenters. The molecule has 1 aromatic rings. The fourth-order valence-electron chi connectivity index (χ4n) is 1.70. The highest BCUT2D eigenvalue weighted by atomic mass is 32.1. The number of nitrogens with two attached hydrogens (primary N) is 2. The summed E-state index contributed by atoms with van der Waals surface area (Å²) in [5.74, 6) is 0. The molecule has 0 heterocycles. The zero-order valence-corrected chi connectivity index (χ0v) is 10.7. The summed E-state index contributed by atoms with van der Waals surface area (Å²) in [5, 5.41) is 2.35. The molecule has 0 bridgehead atoms. The predicted octanol–water partition coefficient (Wildman–Crippen LogP) is 2.94. The van der Waals surface area contributed by atoms with Crippen molar-refractivity contribution in [2.45, 2.75) is 31.7 Å². The van der Waals surface area contributed by atoms with Gasteiger partial charge in [0.05, 0.1) is 10.8 Å². The Labute approximate surface area is 108 Å². The summed E-state index contributed by atoms with van der Waals surface area (Å²) in [5.41, 5.74) is 13.5. The van der Waals surface area contributed by atoms with Crippen molar-refractivity contribution < 1.29 is 0 Å². The highest BCUT2D eigenvalue weighted by Crippen LogP contribution is 2.20. The van der Waals surface area contributed by atoms with Crippen LogP contribution in [0.5, 0.6) is 0 Å². The minimum Gasteiger partial charge on any atom is -0.330 e. The SMILES string of the molecule is NCCCCCC(N)c1ccc(N=C=S)cc1. The van der Waals surface area contributed by atoms with E-state index >= 15 is 0 Å². The molecular formula is C13H19N3S. The molecule has 17 heavy (non-hydrogen) atoms. The van der Waals surface area contributed by atoms with Gasteiger partial charge in [0.1, 0.15) is 0 Å². The van der Waals surface area contributed by atoms with Crippen LogP contribution in [0.1, 0.15) is 37.3 Å². The lowest BCUT2D eigenvalue weighted by molar-refractivity contribution is 0.573. The number of benzene rings is 1. The molecule has 0 saturated heterocycles. The van der Waals surface area contributed by atoms with Gasteiger partial charge in [0.2, 0.25) is 0 Å². The topological polar surface area (TPSA) is 64.4 Å². The fourth-order valence-corrected chi connectivity index (χ4v) is 1.81. The molecule has 0 amide bonds. The molecule has 1 rings (SSSR count). The van der Waals surface area contributed by atoms with Crippen LogP contribution >= 0.6 is 12.2 Å². The Balaban J connectivity index is 2.45. The van der Waals surface area contributed by atoms with Crippen molar-refractivity contribution in [2.24, 2.45) is 16.5 Å². The van der Waals surface area contributed by atoms with Gasteiger partial charge in [-0.2, -0.15) is 4.99 Å². The minimum atomic E-state index is 0.0956. The molecule has 0 aliphatic rings. The van der Waals surface area contributed by atoms with Crippen molar-refractivity contribution in [3.8, 4) is 0 Å². The first-order valence-electron chi connectivity index (χ1n) is 5.91. The van der Waals surface area contributed by atoms with Gasteiger partial charge in [0.25, 0.3) is 0 Å². The molecule has 92 valence electrons. The standard InChI is InChI=1S/C13H19N3S/c14-9-3-1-2-4-13(15)11-5-7-12(8-6-11)16-10-17/h5-8,13H,1-4,9,14-15H2. The lowest BCUT2D eigenvalue weighted by atomic mass is 10.0. The molecule has 0 fully saturated rings. The van der Waals surface area contributed by atoms with Crippen LogP contribution in [0, 0.1) is 0 Å². The number of nitrogens with zero attached hydrogens (tertiary/aromatic N) is 1. The highest BCUT2D eigenvalue weighted by Gasteiger charge is 2.05. The van der Waals surface area contributed by atoms with E-state index in [4.69, 9.17) is 11.5 Å². The Kier molecular flexibility index (Phi) is 6.67. The normalized spacial score (nSPS) is 11.9. The second-order valence-electron chi connectivity index (χ2n) is 4.04. The average molecular weight is 249 g/mol. The second-order valence-corrected chi connectivity index (χ2v) is 4.22. The number of unbranched alkanes of at least 4 members (excludes halogenated alkanes) is 2. The van der Waals surface area contributed by atoms with Gasteiger partial charge in [-0.15, -0.1) is 0 Å². The molecule has 4 heteroatoms. The van der Waals surface area contributed by atoms with E-state index < -0.39 is 0 Å². The number of isothiocyanates is 1. The van der Waals surface area contributed by atoms with Crippen LogP contribution in [0.4, 0.5) is 5.69 Å². The van der Waals surface area contributed by atoms with Crippen LogP contribution in [-0.2, 0) is 0 Å². The van der Waals surface area contributed by atoms with Crippen LogP contribution in [0.25, 0.3) is 0 Å². The van der Waals surface area contributed by atoms with Crippen LogP contribution in [0.2, 0.25) is 0 Å². The van der Waals surface area contributed by atoms with Gasteiger partial charge in [-0.3, -0.25) is 0 Å². The van der Waals surface area contributed by atoms with Gasteiger partial charge < -0.3 is 11.5 Å². The maximum atomic E-state index is 6.10. The molecule has 1 unspecified atom stereocenters. The predicted molar refractivity (Wildman–Crippen MR) is 75.6 cm³/mol. The summed E-state index contributed by atoms with van der Waals surface area (Å²) >= 11 is 4.55. The minimum absolute atomic E-state index is 0.0956. The zero-order valence-electron chi connectivity index (χ0n) is 9.93. The van der Waals surface area contributed by atoms with E-state index in [0.717, 1.165) is 43.5 Å². The number of thiocarbonyl (C=S) groups is 1. The average Bonchev–Trinajstić information content (AvgIpc) is 2.36. The lowest BCUT2D eigenvalue weighted by Gasteiger charge is -2.11. The van der Waals surface area contributed by atoms with Crippen molar-refractivity contribution in [1.82, 2.24) is 0 Å². The quantitative estimate of drug-likeness (QED) is 0.443. The molecule has 0 saturated carbocycles.